The van der Waals surface area contributed by atoms with E-state index >= 15 is 0 Å². The van der Waals surface area contributed by atoms with E-state index in [1.54, 1.807) is 0 Å². The zero-order valence-electron chi connectivity index (χ0n) is 12.4. The number of hydrogen-bond donors (Lipinski definition) is 1. The van der Waals surface area contributed by atoms with E-state index in [9.17, 15) is 0 Å². The van der Waals surface area contributed by atoms with Gasteiger partial charge in [0.15, 0.2) is 0 Å². The quantitative estimate of drug-likeness (QED) is 0.609. The Hall–Kier alpha value is -1.31. The van der Waals surface area contributed by atoms with E-state index in [0.29, 0.717) is 11.8 Å². The average Bonchev–Trinajstić information content (AvgIpc) is 2.46. The van der Waals surface area contributed by atoms with Crippen LogP contribution in [0, 0.1) is 5.92 Å². The molecule has 0 atom stereocenters. The molecule has 1 aliphatic carbocycles. The van der Waals surface area contributed by atoms with Crippen LogP contribution in [0.15, 0.2) is 29.3 Å². The van der Waals surface area contributed by atoms with Gasteiger partial charge in [-0.25, -0.2) is 0 Å². The first-order valence-corrected chi connectivity index (χ1v) is 7.54. The van der Waals surface area contributed by atoms with Crippen LogP contribution < -0.4 is 5.32 Å². The standard InChI is InChI=1S/C17H26N2/c1-13(2)14-9-11-16(12-10-14)19-17(18-3)15-7-5-4-6-8-15/h9-13,15H,4-8H2,1-3H3,(H,18,19). The monoisotopic (exact) mass is 258 g/mol. The minimum atomic E-state index is 0.590. The Morgan fingerprint density at radius 1 is 1.11 bits per heavy atom. The molecule has 2 heteroatoms. The van der Waals surface area contributed by atoms with Crippen LogP contribution in [0.4, 0.5) is 5.69 Å². The summed E-state index contributed by atoms with van der Waals surface area (Å²) in [4.78, 5) is 4.47. The maximum atomic E-state index is 4.47. The third-order valence-electron chi connectivity index (χ3n) is 4.08. The summed E-state index contributed by atoms with van der Waals surface area (Å²) in [5, 5.41) is 3.51. The highest BCUT2D eigenvalue weighted by molar-refractivity contribution is 5.97. The molecule has 0 spiro atoms. The van der Waals surface area contributed by atoms with Gasteiger partial charge in [0.25, 0.3) is 0 Å². The third-order valence-corrected chi connectivity index (χ3v) is 4.08. The van der Waals surface area contributed by atoms with Crippen molar-refractivity contribution in [1.29, 1.82) is 0 Å². The van der Waals surface area contributed by atoms with E-state index in [1.165, 1.54) is 37.7 Å². The fourth-order valence-corrected chi connectivity index (χ4v) is 2.82. The van der Waals surface area contributed by atoms with Crippen molar-refractivity contribution in [2.24, 2.45) is 10.9 Å². The summed E-state index contributed by atoms with van der Waals surface area (Å²) in [7, 11) is 1.90. The Morgan fingerprint density at radius 2 is 1.74 bits per heavy atom. The van der Waals surface area contributed by atoms with Crippen molar-refractivity contribution in [2.75, 3.05) is 12.4 Å². The minimum Gasteiger partial charge on any atom is -0.344 e. The first-order valence-electron chi connectivity index (χ1n) is 7.54. The second-order valence-electron chi connectivity index (χ2n) is 5.85. The van der Waals surface area contributed by atoms with Crippen LogP contribution in [-0.4, -0.2) is 12.9 Å². The molecule has 0 amide bonds. The maximum absolute atomic E-state index is 4.47. The van der Waals surface area contributed by atoms with Crippen LogP contribution in [-0.2, 0) is 0 Å². The van der Waals surface area contributed by atoms with Crippen molar-refractivity contribution in [1.82, 2.24) is 0 Å². The van der Waals surface area contributed by atoms with Crippen molar-refractivity contribution >= 4 is 11.5 Å². The van der Waals surface area contributed by atoms with Crippen molar-refractivity contribution < 1.29 is 0 Å². The molecule has 1 fully saturated rings. The van der Waals surface area contributed by atoms with Crippen LogP contribution in [0.3, 0.4) is 0 Å². The number of rotatable bonds is 3. The second-order valence-corrected chi connectivity index (χ2v) is 5.85. The lowest BCUT2D eigenvalue weighted by molar-refractivity contribution is 0.438. The van der Waals surface area contributed by atoms with E-state index in [1.807, 2.05) is 7.05 Å². The smallest absolute Gasteiger partial charge is 0.103 e. The Labute approximate surface area is 117 Å². The number of anilines is 1. The first kappa shape index (κ1) is 14.1. The predicted molar refractivity (Wildman–Crippen MR) is 84.1 cm³/mol. The van der Waals surface area contributed by atoms with Gasteiger partial charge in [-0.15, -0.1) is 0 Å². The molecule has 1 aromatic rings. The lowest BCUT2D eigenvalue weighted by Crippen LogP contribution is -2.25. The highest BCUT2D eigenvalue weighted by Gasteiger charge is 2.18. The summed E-state index contributed by atoms with van der Waals surface area (Å²) in [6, 6.07) is 8.76. The number of aliphatic imine (C=N–C) groups is 1. The number of nitrogens with zero attached hydrogens (tertiary/aromatic N) is 1. The normalized spacial score (nSPS) is 17.8. The van der Waals surface area contributed by atoms with Gasteiger partial charge < -0.3 is 5.32 Å². The molecule has 2 nitrogen and oxygen atoms in total. The van der Waals surface area contributed by atoms with Gasteiger partial charge in [0.05, 0.1) is 0 Å². The zero-order chi connectivity index (χ0) is 13.7. The summed E-state index contributed by atoms with van der Waals surface area (Å²) in [5.74, 6) is 2.38. The summed E-state index contributed by atoms with van der Waals surface area (Å²) in [5.41, 5.74) is 2.55. The van der Waals surface area contributed by atoms with Crippen LogP contribution >= 0.6 is 0 Å². The van der Waals surface area contributed by atoms with E-state index in [2.05, 4.69) is 48.4 Å². The van der Waals surface area contributed by atoms with Gasteiger partial charge >= 0.3 is 0 Å². The van der Waals surface area contributed by atoms with Crippen molar-refractivity contribution in [2.45, 2.75) is 51.9 Å². The molecule has 0 heterocycles. The number of hydrogen-bond acceptors (Lipinski definition) is 1. The topological polar surface area (TPSA) is 24.4 Å². The lowest BCUT2D eigenvalue weighted by atomic mass is 9.88. The molecule has 104 valence electrons. The lowest BCUT2D eigenvalue weighted by Gasteiger charge is -2.24. The summed E-state index contributed by atoms with van der Waals surface area (Å²) >= 11 is 0. The molecule has 0 saturated heterocycles. The first-order chi connectivity index (χ1) is 9.20. The number of amidine groups is 1. The van der Waals surface area contributed by atoms with Gasteiger partial charge in [-0.2, -0.15) is 0 Å². The molecular weight excluding hydrogens is 232 g/mol. The fourth-order valence-electron chi connectivity index (χ4n) is 2.82. The molecular formula is C17H26N2. The van der Waals surface area contributed by atoms with E-state index in [0.717, 1.165) is 11.5 Å². The predicted octanol–water partition coefficient (Wildman–Crippen LogP) is 4.83. The molecule has 19 heavy (non-hydrogen) atoms. The van der Waals surface area contributed by atoms with Crippen LogP contribution in [0.5, 0.6) is 0 Å². The Balaban J connectivity index is 2.01. The second kappa shape index (κ2) is 6.74. The molecule has 0 aliphatic heterocycles. The highest BCUT2D eigenvalue weighted by atomic mass is 15.0. The molecule has 1 aromatic carbocycles. The maximum Gasteiger partial charge on any atom is 0.103 e. The van der Waals surface area contributed by atoms with Crippen molar-refractivity contribution in [3.05, 3.63) is 29.8 Å². The Kier molecular flexibility index (Phi) is 5.00. The number of nitrogens with one attached hydrogen (secondary N) is 1. The van der Waals surface area contributed by atoms with Gasteiger partial charge in [-0.05, 0) is 36.5 Å². The van der Waals surface area contributed by atoms with Gasteiger partial charge in [0.2, 0.25) is 0 Å². The highest BCUT2D eigenvalue weighted by Crippen LogP contribution is 2.26. The van der Waals surface area contributed by atoms with E-state index in [-0.39, 0.29) is 0 Å². The van der Waals surface area contributed by atoms with E-state index < -0.39 is 0 Å². The average molecular weight is 258 g/mol. The zero-order valence-corrected chi connectivity index (χ0v) is 12.4. The summed E-state index contributed by atoms with van der Waals surface area (Å²) in [6.45, 7) is 4.45. The summed E-state index contributed by atoms with van der Waals surface area (Å²) < 4.78 is 0. The van der Waals surface area contributed by atoms with Crippen molar-refractivity contribution in [3.8, 4) is 0 Å². The van der Waals surface area contributed by atoms with Crippen LogP contribution in [0.1, 0.15) is 57.4 Å². The molecule has 1 N–H and O–H groups in total. The van der Waals surface area contributed by atoms with Crippen LogP contribution in [0.2, 0.25) is 0 Å². The third kappa shape index (κ3) is 3.82. The SMILES string of the molecule is CN=C(Nc1ccc(C(C)C)cc1)C1CCCCC1. The largest absolute Gasteiger partial charge is 0.344 e. The molecule has 0 bridgehead atoms. The Bertz CT molecular complexity index is 411. The summed E-state index contributed by atoms with van der Waals surface area (Å²) in [6.07, 6.45) is 6.64. The number of benzene rings is 1. The van der Waals surface area contributed by atoms with Gasteiger partial charge in [0.1, 0.15) is 5.84 Å². The minimum absolute atomic E-state index is 0.590. The van der Waals surface area contributed by atoms with E-state index in [4.69, 9.17) is 0 Å². The van der Waals surface area contributed by atoms with Gasteiger partial charge in [0, 0.05) is 18.7 Å². The molecule has 1 aliphatic rings. The van der Waals surface area contributed by atoms with Gasteiger partial charge in [-0.1, -0.05) is 45.2 Å². The van der Waals surface area contributed by atoms with Gasteiger partial charge in [-0.3, -0.25) is 4.99 Å². The fraction of sp³-hybridized carbons (Fsp3) is 0.588. The molecule has 0 radical (unpaired) electrons. The Morgan fingerprint density at radius 3 is 2.26 bits per heavy atom. The molecule has 2 rings (SSSR count). The molecule has 1 saturated carbocycles. The molecule has 0 aromatic heterocycles. The molecule has 0 unspecified atom stereocenters. The van der Waals surface area contributed by atoms with Crippen molar-refractivity contribution in [3.63, 3.8) is 0 Å². The van der Waals surface area contributed by atoms with Crippen LogP contribution in [0.25, 0.3) is 0 Å².